The molecule has 0 bridgehead atoms. The van der Waals surface area contributed by atoms with Crippen LogP contribution in [0.1, 0.15) is 32.2 Å². The second-order valence-corrected chi connectivity index (χ2v) is 7.61. The first-order chi connectivity index (χ1) is 13.1. The van der Waals surface area contributed by atoms with Crippen molar-refractivity contribution in [3.63, 3.8) is 0 Å². The summed E-state index contributed by atoms with van der Waals surface area (Å²) in [5.74, 6) is 0.290. The van der Waals surface area contributed by atoms with Gasteiger partial charge in [0.05, 0.1) is 12.7 Å². The van der Waals surface area contributed by atoms with Gasteiger partial charge in [0.1, 0.15) is 11.3 Å². The molecule has 1 aliphatic rings. The quantitative estimate of drug-likeness (QED) is 0.549. The lowest BCUT2D eigenvalue weighted by molar-refractivity contribution is -0.0456. The summed E-state index contributed by atoms with van der Waals surface area (Å²) in [6.07, 6.45) is 3.24. The van der Waals surface area contributed by atoms with Crippen molar-refractivity contribution >= 4 is 17.3 Å². The fourth-order valence-corrected chi connectivity index (χ4v) is 3.80. The van der Waals surface area contributed by atoms with Crippen molar-refractivity contribution in [3.8, 4) is 0 Å². The number of hydrogen-bond donors (Lipinski definition) is 4. The van der Waals surface area contributed by atoms with Crippen molar-refractivity contribution in [2.75, 3.05) is 24.3 Å². The van der Waals surface area contributed by atoms with E-state index in [0.717, 1.165) is 11.4 Å². The van der Waals surface area contributed by atoms with Crippen LogP contribution < -0.4 is 16.2 Å². The standard InChI is InChI=1S/C19H29N5O4/c1-6-7-8-12-11(3)24-16(26)14(20)15(22-18(24)21-12)23(5)17-19(4,27)10(2)13(9-25)28-17/h6-7,10,13,17,25,27H,8-9,20H2,1-5H3,(H,21,22)/b7-6-. The number of aryl methyl sites for hydroxylation is 1. The third-order valence-corrected chi connectivity index (χ3v) is 5.84. The highest BCUT2D eigenvalue weighted by Gasteiger charge is 2.52. The van der Waals surface area contributed by atoms with E-state index in [2.05, 4.69) is 9.97 Å². The number of fused-ring (bicyclic) bond motifs is 1. The third-order valence-electron chi connectivity index (χ3n) is 5.84. The number of H-pyrrole nitrogens is 1. The molecule has 5 N–H and O–H groups in total. The minimum atomic E-state index is -1.26. The number of allylic oxidation sites excluding steroid dienone is 2. The smallest absolute Gasteiger partial charge is 0.284 e. The van der Waals surface area contributed by atoms with Gasteiger partial charge in [0.25, 0.3) is 5.56 Å². The number of ether oxygens (including phenoxy) is 1. The number of aliphatic hydroxyl groups excluding tert-OH is 1. The molecule has 2 aromatic heterocycles. The maximum atomic E-state index is 12.9. The number of likely N-dealkylation sites (N-methyl/N-ethyl adjacent to an activating group) is 1. The number of imidazole rings is 1. The summed E-state index contributed by atoms with van der Waals surface area (Å²) in [6.45, 7) is 7.01. The van der Waals surface area contributed by atoms with Gasteiger partial charge in [-0.2, -0.15) is 4.98 Å². The lowest BCUT2D eigenvalue weighted by atomic mass is 9.88. The van der Waals surface area contributed by atoms with Crippen LogP contribution in [-0.2, 0) is 11.2 Å². The Balaban J connectivity index is 2.08. The van der Waals surface area contributed by atoms with Crippen molar-refractivity contribution in [1.82, 2.24) is 14.4 Å². The van der Waals surface area contributed by atoms with Crippen molar-refractivity contribution < 1.29 is 14.9 Å². The lowest BCUT2D eigenvalue weighted by Crippen LogP contribution is -2.50. The molecular formula is C19H29N5O4. The molecule has 2 aromatic rings. The summed E-state index contributed by atoms with van der Waals surface area (Å²) in [7, 11) is 1.66. The molecule has 1 saturated heterocycles. The molecule has 9 nitrogen and oxygen atoms in total. The molecule has 3 rings (SSSR count). The summed E-state index contributed by atoms with van der Waals surface area (Å²) in [5.41, 5.74) is 6.10. The second kappa shape index (κ2) is 7.23. The first-order valence-corrected chi connectivity index (χ1v) is 9.37. The van der Waals surface area contributed by atoms with Crippen molar-refractivity contribution in [3.05, 3.63) is 33.9 Å². The summed E-state index contributed by atoms with van der Waals surface area (Å²) in [5, 5.41) is 20.5. The van der Waals surface area contributed by atoms with Gasteiger partial charge in [0.2, 0.25) is 5.78 Å². The summed E-state index contributed by atoms with van der Waals surface area (Å²) < 4.78 is 7.30. The Kier molecular flexibility index (Phi) is 5.26. The van der Waals surface area contributed by atoms with E-state index < -0.39 is 17.9 Å². The molecule has 4 unspecified atom stereocenters. The van der Waals surface area contributed by atoms with Gasteiger partial charge >= 0.3 is 0 Å². The highest BCUT2D eigenvalue weighted by atomic mass is 16.5. The number of nitrogens with two attached hydrogens (primary N) is 1. The molecule has 4 atom stereocenters. The maximum Gasteiger partial charge on any atom is 0.284 e. The molecule has 0 aliphatic carbocycles. The predicted octanol–water partition coefficient (Wildman–Crippen LogP) is 0.572. The number of nitrogen functional groups attached to an aromatic ring is 1. The first-order valence-electron chi connectivity index (χ1n) is 9.37. The van der Waals surface area contributed by atoms with Gasteiger partial charge in [0.15, 0.2) is 12.0 Å². The number of rotatable bonds is 5. The van der Waals surface area contributed by atoms with Gasteiger partial charge in [-0.25, -0.2) is 4.40 Å². The number of aliphatic hydroxyl groups is 2. The minimum Gasteiger partial charge on any atom is -0.394 e. The van der Waals surface area contributed by atoms with E-state index in [4.69, 9.17) is 10.5 Å². The predicted molar refractivity (Wildman–Crippen MR) is 107 cm³/mol. The van der Waals surface area contributed by atoms with Crippen LogP contribution in [0, 0.1) is 12.8 Å². The molecule has 3 heterocycles. The lowest BCUT2D eigenvalue weighted by Gasteiger charge is -2.34. The van der Waals surface area contributed by atoms with Gasteiger partial charge in [-0.05, 0) is 20.8 Å². The fraction of sp³-hybridized carbons (Fsp3) is 0.579. The fourth-order valence-electron chi connectivity index (χ4n) is 3.80. The van der Waals surface area contributed by atoms with Crippen LogP contribution >= 0.6 is 0 Å². The highest BCUT2D eigenvalue weighted by molar-refractivity contribution is 5.65. The van der Waals surface area contributed by atoms with Crippen molar-refractivity contribution in [2.24, 2.45) is 5.92 Å². The Morgan fingerprint density at radius 1 is 1.50 bits per heavy atom. The topological polar surface area (TPSA) is 129 Å². The van der Waals surface area contributed by atoms with Gasteiger partial charge < -0.3 is 30.6 Å². The molecule has 1 fully saturated rings. The van der Waals surface area contributed by atoms with Gasteiger partial charge in [-0.3, -0.25) is 4.79 Å². The summed E-state index contributed by atoms with van der Waals surface area (Å²) in [4.78, 5) is 22.2. The van der Waals surface area contributed by atoms with Gasteiger partial charge in [-0.1, -0.05) is 19.1 Å². The van der Waals surface area contributed by atoms with E-state index in [1.165, 1.54) is 4.40 Å². The number of aromatic amines is 1. The van der Waals surface area contributed by atoms with Crippen LogP contribution in [0.3, 0.4) is 0 Å². The molecule has 0 amide bonds. The zero-order chi connectivity index (χ0) is 20.8. The largest absolute Gasteiger partial charge is 0.394 e. The monoisotopic (exact) mass is 391 g/mol. The average molecular weight is 391 g/mol. The zero-order valence-electron chi connectivity index (χ0n) is 16.9. The molecule has 9 heteroatoms. The number of hydrogen-bond acceptors (Lipinski definition) is 7. The van der Waals surface area contributed by atoms with E-state index in [0.29, 0.717) is 12.2 Å². The Morgan fingerprint density at radius 2 is 2.18 bits per heavy atom. The highest BCUT2D eigenvalue weighted by Crippen LogP contribution is 2.39. The summed E-state index contributed by atoms with van der Waals surface area (Å²) in [6, 6.07) is 0. The molecule has 0 spiro atoms. The van der Waals surface area contributed by atoms with E-state index >= 15 is 0 Å². The third kappa shape index (κ3) is 2.99. The molecule has 0 radical (unpaired) electrons. The minimum absolute atomic E-state index is 0.0285. The first kappa shape index (κ1) is 20.4. The number of anilines is 2. The van der Waals surface area contributed by atoms with E-state index in [1.54, 1.807) is 18.9 Å². The normalized spacial score (nSPS) is 27.9. The van der Waals surface area contributed by atoms with Crippen molar-refractivity contribution in [1.29, 1.82) is 0 Å². The van der Waals surface area contributed by atoms with E-state index in [1.807, 2.05) is 32.9 Å². The van der Waals surface area contributed by atoms with Gasteiger partial charge in [-0.15, -0.1) is 0 Å². The van der Waals surface area contributed by atoms with E-state index in [9.17, 15) is 15.0 Å². The van der Waals surface area contributed by atoms with Crippen LogP contribution in [-0.4, -0.2) is 56.2 Å². The number of aromatic nitrogens is 3. The number of nitrogens with one attached hydrogen (secondary N) is 1. The molecule has 154 valence electrons. The SMILES string of the molecule is C/C=C\Cc1[nH]c2nc(N(C)C3OC(CO)C(C)C3(C)O)c(N)c(=O)n2c1C. The average Bonchev–Trinajstić information content (AvgIpc) is 3.09. The summed E-state index contributed by atoms with van der Waals surface area (Å²) >= 11 is 0. The zero-order valence-corrected chi connectivity index (χ0v) is 16.9. The number of nitrogens with zero attached hydrogens (tertiary/aromatic N) is 3. The van der Waals surface area contributed by atoms with Crippen LogP contribution in [0.4, 0.5) is 11.5 Å². The molecular weight excluding hydrogens is 362 g/mol. The molecule has 0 saturated carbocycles. The Morgan fingerprint density at radius 3 is 2.75 bits per heavy atom. The molecule has 0 aromatic carbocycles. The van der Waals surface area contributed by atoms with E-state index in [-0.39, 0.29) is 29.6 Å². The Hall–Kier alpha value is -2.36. The Bertz CT molecular complexity index is 961. The second-order valence-electron chi connectivity index (χ2n) is 7.61. The van der Waals surface area contributed by atoms with Crippen LogP contribution in [0.25, 0.3) is 5.78 Å². The van der Waals surface area contributed by atoms with Crippen LogP contribution in [0.15, 0.2) is 16.9 Å². The van der Waals surface area contributed by atoms with Crippen LogP contribution in [0.5, 0.6) is 0 Å². The maximum absolute atomic E-state index is 12.9. The van der Waals surface area contributed by atoms with Crippen molar-refractivity contribution in [2.45, 2.75) is 52.0 Å². The van der Waals surface area contributed by atoms with Crippen LogP contribution in [0.2, 0.25) is 0 Å². The Labute approximate surface area is 163 Å². The molecule has 28 heavy (non-hydrogen) atoms. The molecule has 1 aliphatic heterocycles. The van der Waals surface area contributed by atoms with Gasteiger partial charge in [0, 0.05) is 30.8 Å².